The zero-order chi connectivity index (χ0) is 25.9. The van der Waals surface area contributed by atoms with E-state index in [2.05, 4.69) is 38.2 Å². The number of nitrogens with two attached hydrogens (primary N) is 1. The van der Waals surface area contributed by atoms with Crippen molar-refractivity contribution in [1.82, 2.24) is 15.1 Å². The Labute approximate surface area is 216 Å². The molecule has 2 saturated carbocycles. The number of carbonyl (C=O) groups excluding carboxylic acids is 3. The molecule has 1 aromatic carbocycles. The average Bonchev–Trinajstić information content (AvgIpc) is 3.58. The molecule has 3 amide bonds. The van der Waals surface area contributed by atoms with Crippen LogP contribution in [0.1, 0.15) is 77.7 Å². The minimum Gasteiger partial charge on any atom is -0.352 e. The highest BCUT2D eigenvalue weighted by molar-refractivity contribution is 5.90. The standard InChI is InChI=1S/C29H44N4O3/c1-29(2,3)18-26(34)32(16-15-20-7-5-4-6-8-20)24-17-25(33(19-24)28(36)21-9-10-21)27(35)31-23-13-11-22(30)12-14-23/h4-8,21-25H,9-19,30H2,1-3H3,(H,31,35). The molecule has 3 N–H and O–H groups in total. The van der Waals surface area contributed by atoms with E-state index in [-0.39, 0.29) is 47.2 Å². The van der Waals surface area contributed by atoms with E-state index >= 15 is 0 Å². The van der Waals surface area contributed by atoms with Crippen LogP contribution in [0.5, 0.6) is 0 Å². The fourth-order valence-corrected chi connectivity index (χ4v) is 5.62. The van der Waals surface area contributed by atoms with Crippen molar-refractivity contribution in [2.24, 2.45) is 17.1 Å². The summed E-state index contributed by atoms with van der Waals surface area (Å²) < 4.78 is 0. The topological polar surface area (TPSA) is 95.7 Å². The molecule has 0 aromatic heterocycles. The van der Waals surface area contributed by atoms with Crippen molar-refractivity contribution < 1.29 is 14.4 Å². The maximum absolute atomic E-state index is 13.5. The highest BCUT2D eigenvalue weighted by Crippen LogP contribution is 2.35. The summed E-state index contributed by atoms with van der Waals surface area (Å²) >= 11 is 0. The Kier molecular flexibility index (Phi) is 8.38. The fraction of sp³-hybridized carbons (Fsp3) is 0.690. The van der Waals surface area contributed by atoms with Gasteiger partial charge in [0, 0.05) is 37.5 Å². The molecule has 0 radical (unpaired) electrons. The average molecular weight is 497 g/mol. The van der Waals surface area contributed by atoms with Gasteiger partial charge in [0.05, 0.1) is 6.04 Å². The van der Waals surface area contributed by atoms with Crippen LogP contribution in [0, 0.1) is 11.3 Å². The molecule has 7 nitrogen and oxygen atoms in total. The van der Waals surface area contributed by atoms with Gasteiger partial charge in [0.2, 0.25) is 17.7 Å². The van der Waals surface area contributed by atoms with Crippen molar-refractivity contribution in [3.05, 3.63) is 35.9 Å². The summed E-state index contributed by atoms with van der Waals surface area (Å²) in [6.07, 6.45) is 7.08. The SMILES string of the molecule is CC(C)(C)CC(=O)N(CCc1ccccc1)C1CC(C(=O)NC2CCC(N)CC2)N(C(=O)C2CC2)C1. The third kappa shape index (κ3) is 7.09. The van der Waals surface area contributed by atoms with Gasteiger partial charge >= 0.3 is 0 Å². The van der Waals surface area contributed by atoms with Gasteiger partial charge in [0.15, 0.2) is 0 Å². The molecule has 2 unspecified atom stereocenters. The Balaban J connectivity index is 1.50. The van der Waals surface area contributed by atoms with Crippen molar-refractivity contribution in [1.29, 1.82) is 0 Å². The van der Waals surface area contributed by atoms with Crippen LogP contribution in [-0.4, -0.2) is 64.8 Å². The summed E-state index contributed by atoms with van der Waals surface area (Å²) in [5, 5.41) is 3.22. The molecule has 3 aliphatic rings. The van der Waals surface area contributed by atoms with E-state index in [9.17, 15) is 14.4 Å². The van der Waals surface area contributed by atoms with E-state index in [0.717, 1.165) is 44.9 Å². The minimum absolute atomic E-state index is 0.0368. The van der Waals surface area contributed by atoms with Crippen LogP contribution in [0.2, 0.25) is 0 Å². The van der Waals surface area contributed by atoms with Gasteiger partial charge in [-0.25, -0.2) is 0 Å². The van der Waals surface area contributed by atoms with Crippen molar-refractivity contribution in [3.63, 3.8) is 0 Å². The molecule has 1 aromatic rings. The molecular formula is C29H44N4O3. The van der Waals surface area contributed by atoms with Crippen molar-refractivity contribution >= 4 is 17.7 Å². The Morgan fingerprint density at radius 1 is 1.03 bits per heavy atom. The predicted octanol–water partition coefficient (Wildman–Crippen LogP) is 3.26. The number of hydrogen-bond donors (Lipinski definition) is 2. The van der Waals surface area contributed by atoms with Gasteiger partial charge in [0.25, 0.3) is 0 Å². The lowest BCUT2D eigenvalue weighted by molar-refractivity contribution is -0.140. The molecular weight excluding hydrogens is 452 g/mol. The van der Waals surface area contributed by atoms with Crippen LogP contribution in [0.15, 0.2) is 30.3 Å². The van der Waals surface area contributed by atoms with Crippen molar-refractivity contribution in [3.8, 4) is 0 Å². The van der Waals surface area contributed by atoms with E-state index in [4.69, 9.17) is 5.73 Å². The number of nitrogens with zero attached hydrogens (tertiary/aromatic N) is 2. The molecule has 2 atom stereocenters. The number of benzene rings is 1. The van der Waals surface area contributed by atoms with Crippen LogP contribution >= 0.6 is 0 Å². The first kappa shape index (κ1) is 26.6. The Morgan fingerprint density at radius 3 is 2.31 bits per heavy atom. The van der Waals surface area contributed by atoms with Crippen LogP contribution < -0.4 is 11.1 Å². The van der Waals surface area contributed by atoms with Gasteiger partial charge in [0.1, 0.15) is 6.04 Å². The van der Waals surface area contributed by atoms with Crippen molar-refractivity contribution in [2.75, 3.05) is 13.1 Å². The van der Waals surface area contributed by atoms with E-state index in [1.807, 2.05) is 23.1 Å². The summed E-state index contributed by atoms with van der Waals surface area (Å²) in [4.78, 5) is 44.0. The summed E-state index contributed by atoms with van der Waals surface area (Å²) in [7, 11) is 0. The van der Waals surface area contributed by atoms with E-state index in [1.165, 1.54) is 5.56 Å². The second-order valence-corrected chi connectivity index (χ2v) is 12.4. The highest BCUT2D eigenvalue weighted by atomic mass is 16.2. The Bertz CT molecular complexity index is 916. The zero-order valence-electron chi connectivity index (χ0n) is 22.2. The minimum atomic E-state index is -0.514. The first-order valence-electron chi connectivity index (χ1n) is 13.8. The largest absolute Gasteiger partial charge is 0.352 e. The molecule has 36 heavy (non-hydrogen) atoms. The van der Waals surface area contributed by atoms with Crippen LogP contribution in [0.4, 0.5) is 0 Å². The molecule has 2 aliphatic carbocycles. The van der Waals surface area contributed by atoms with E-state index in [1.54, 1.807) is 4.90 Å². The summed E-state index contributed by atoms with van der Waals surface area (Å²) in [5.74, 6) is 0.146. The number of carbonyl (C=O) groups is 3. The molecule has 7 heteroatoms. The van der Waals surface area contributed by atoms with Crippen molar-refractivity contribution in [2.45, 2.75) is 103 Å². The van der Waals surface area contributed by atoms with Gasteiger partial charge in [-0.15, -0.1) is 0 Å². The second-order valence-electron chi connectivity index (χ2n) is 12.4. The van der Waals surface area contributed by atoms with Crippen LogP contribution in [0.25, 0.3) is 0 Å². The third-order valence-electron chi connectivity index (χ3n) is 7.84. The van der Waals surface area contributed by atoms with Gasteiger partial charge in [-0.2, -0.15) is 0 Å². The zero-order valence-corrected chi connectivity index (χ0v) is 22.2. The maximum Gasteiger partial charge on any atom is 0.243 e. The number of rotatable bonds is 8. The van der Waals surface area contributed by atoms with Gasteiger partial charge in [-0.1, -0.05) is 51.1 Å². The van der Waals surface area contributed by atoms with Gasteiger partial charge in [-0.3, -0.25) is 14.4 Å². The van der Waals surface area contributed by atoms with Gasteiger partial charge in [-0.05, 0) is 62.3 Å². The number of hydrogen-bond acceptors (Lipinski definition) is 4. The monoisotopic (exact) mass is 496 g/mol. The fourth-order valence-electron chi connectivity index (χ4n) is 5.62. The summed E-state index contributed by atoms with van der Waals surface area (Å²) in [6, 6.07) is 9.85. The molecule has 1 saturated heterocycles. The first-order valence-corrected chi connectivity index (χ1v) is 13.8. The molecule has 4 rings (SSSR count). The molecule has 0 spiro atoms. The lowest BCUT2D eigenvalue weighted by Gasteiger charge is -2.32. The number of nitrogens with one attached hydrogen (secondary N) is 1. The Hall–Kier alpha value is -2.41. The first-order chi connectivity index (χ1) is 17.1. The molecule has 1 heterocycles. The summed E-state index contributed by atoms with van der Waals surface area (Å²) in [6.45, 7) is 7.25. The number of likely N-dealkylation sites (tertiary alicyclic amines) is 1. The maximum atomic E-state index is 13.5. The molecule has 0 bridgehead atoms. The lowest BCUT2D eigenvalue weighted by Crippen LogP contribution is -2.50. The van der Waals surface area contributed by atoms with Gasteiger partial charge < -0.3 is 20.9 Å². The second kappa shape index (κ2) is 11.3. The molecule has 1 aliphatic heterocycles. The Morgan fingerprint density at radius 2 is 1.69 bits per heavy atom. The molecule has 3 fully saturated rings. The number of amides is 3. The molecule has 198 valence electrons. The predicted molar refractivity (Wildman–Crippen MR) is 141 cm³/mol. The van der Waals surface area contributed by atoms with E-state index in [0.29, 0.717) is 25.9 Å². The quantitative estimate of drug-likeness (QED) is 0.577. The normalized spacial score (nSPS) is 26.5. The van der Waals surface area contributed by atoms with E-state index < -0.39 is 6.04 Å². The third-order valence-corrected chi connectivity index (χ3v) is 7.84. The van der Waals surface area contributed by atoms with Crippen LogP contribution in [0.3, 0.4) is 0 Å². The lowest BCUT2D eigenvalue weighted by atomic mass is 9.91. The summed E-state index contributed by atoms with van der Waals surface area (Å²) in [5.41, 5.74) is 7.09. The van der Waals surface area contributed by atoms with Crippen LogP contribution in [-0.2, 0) is 20.8 Å². The highest BCUT2D eigenvalue weighted by Gasteiger charge is 2.46. The smallest absolute Gasteiger partial charge is 0.243 e.